The summed E-state index contributed by atoms with van der Waals surface area (Å²) in [5, 5.41) is 10.0. The van der Waals surface area contributed by atoms with E-state index in [4.69, 9.17) is 9.84 Å². The Kier molecular flexibility index (Phi) is 4.69. The Balaban J connectivity index is 1.96. The van der Waals surface area contributed by atoms with E-state index >= 15 is 0 Å². The van der Waals surface area contributed by atoms with Crippen molar-refractivity contribution < 1.29 is 14.6 Å². The van der Waals surface area contributed by atoms with E-state index in [2.05, 4.69) is 43.8 Å². The van der Waals surface area contributed by atoms with Crippen LogP contribution in [0.25, 0.3) is 10.9 Å². The molecule has 0 fully saturated rings. The van der Waals surface area contributed by atoms with Crippen molar-refractivity contribution in [2.75, 3.05) is 0 Å². The van der Waals surface area contributed by atoms with Gasteiger partial charge in [-0.1, -0.05) is 0 Å². The second-order valence-corrected chi connectivity index (χ2v) is 7.35. The lowest BCUT2D eigenvalue weighted by molar-refractivity contribution is -0.136. The number of hydrogen-bond donors (Lipinski definition) is 2. The third-order valence-corrected chi connectivity index (χ3v) is 5.09. The number of H-pyrrole nitrogens is 1. The molecule has 0 bridgehead atoms. The van der Waals surface area contributed by atoms with Gasteiger partial charge in [-0.15, -0.1) is 0 Å². The van der Waals surface area contributed by atoms with Crippen molar-refractivity contribution in [3.05, 3.63) is 56.1 Å². The molecular weight excluding hydrogens is 438 g/mol. The molecule has 4 nitrogen and oxygen atoms in total. The third kappa shape index (κ3) is 3.35. The number of aliphatic carboxylic acids is 1. The van der Waals surface area contributed by atoms with Crippen molar-refractivity contribution in [3.63, 3.8) is 0 Å². The van der Waals surface area contributed by atoms with E-state index in [1.54, 1.807) is 12.1 Å². The number of aromatic nitrogens is 1. The number of carboxylic acid groups (broad SMARTS) is 1. The molecule has 0 unspecified atom stereocenters. The van der Waals surface area contributed by atoms with Crippen molar-refractivity contribution in [1.82, 2.24) is 4.98 Å². The lowest BCUT2D eigenvalue weighted by Gasteiger charge is -2.12. The second-order valence-electron chi connectivity index (χ2n) is 5.64. The molecular formula is C18H15Br2NO3. The molecule has 3 rings (SSSR count). The first kappa shape index (κ1) is 17.0. The van der Waals surface area contributed by atoms with Gasteiger partial charge in [-0.05, 0) is 87.2 Å². The Morgan fingerprint density at radius 3 is 2.46 bits per heavy atom. The zero-order valence-corrected chi connectivity index (χ0v) is 16.3. The van der Waals surface area contributed by atoms with Crippen LogP contribution in [0.4, 0.5) is 0 Å². The van der Waals surface area contributed by atoms with Gasteiger partial charge in [0.1, 0.15) is 5.75 Å². The summed E-state index contributed by atoms with van der Waals surface area (Å²) in [6, 6.07) is 9.42. The summed E-state index contributed by atoms with van der Waals surface area (Å²) in [4.78, 5) is 14.2. The minimum Gasteiger partial charge on any atom is -0.481 e. The first-order valence-electron chi connectivity index (χ1n) is 7.31. The Hall–Kier alpha value is -1.79. The second kappa shape index (κ2) is 6.61. The van der Waals surface area contributed by atoms with Crippen LogP contribution in [-0.4, -0.2) is 16.1 Å². The van der Waals surface area contributed by atoms with Crippen LogP contribution < -0.4 is 4.74 Å². The molecule has 0 radical (unpaired) electrons. The standard InChI is InChI=1S/C18H15Br2NO3/c1-9-10(2)21-16-4-3-12(8-13(9)16)24-18-14(19)5-11(6-15(18)20)7-17(22)23/h3-6,8,21H,7H2,1-2H3,(H,22,23). The molecule has 0 aliphatic carbocycles. The van der Waals surface area contributed by atoms with E-state index in [1.165, 1.54) is 5.56 Å². The fourth-order valence-electron chi connectivity index (χ4n) is 2.61. The van der Waals surface area contributed by atoms with Crippen LogP contribution in [0.15, 0.2) is 39.3 Å². The number of benzene rings is 2. The molecule has 1 heterocycles. The number of carbonyl (C=O) groups is 1. The molecule has 0 atom stereocenters. The van der Waals surface area contributed by atoms with Gasteiger partial charge in [0.25, 0.3) is 0 Å². The number of halogens is 2. The van der Waals surface area contributed by atoms with E-state index in [-0.39, 0.29) is 6.42 Å². The highest BCUT2D eigenvalue weighted by Gasteiger charge is 2.13. The number of rotatable bonds is 4. The third-order valence-electron chi connectivity index (χ3n) is 3.91. The van der Waals surface area contributed by atoms with E-state index < -0.39 is 5.97 Å². The molecule has 2 N–H and O–H groups in total. The quantitative estimate of drug-likeness (QED) is 0.531. The van der Waals surface area contributed by atoms with Gasteiger partial charge in [0.2, 0.25) is 0 Å². The van der Waals surface area contributed by atoms with Gasteiger partial charge < -0.3 is 14.8 Å². The minimum atomic E-state index is -0.869. The number of fused-ring (bicyclic) bond motifs is 1. The van der Waals surface area contributed by atoms with Crippen LogP contribution in [-0.2, 0) is 11.2 Å². The van der Waals surface area contributed by atoms with Crippen molar-refractivity contribution in [3.8, 4) is 11.5 Å². The van der Waals surface area contributed by atoms with E-state index in [0.29, 0.717) is 20.3 Å². The van der Waals surface area contributed by atoms with Gasteiger partial charge in [-0.3, -0.25) is 4.79 Å². The minimum absolute atomic E-state index is 0.0364. The molecule has 0 saturated carbocycles. The van der Waals surface area contributed by atoms with Gasteiger partial charge in [0.05, 0.1) is 15.4 Å². The highest BCUT2D eigenvalue weighted by Crippen LogP contribution is 2.39. The number of carboxylic acids is 1. The summed E-state index contributed by atoms with van der Waals surface area (Å²) in [5.41, 5.74) is 4.11. The summed E-state index contributed by atoms with van der Waals surface area (Å²) >= 11 is 6.92. The number of ether oxygens (including phenoxy) is 1. The molecule has 0 spiro atoms. The van der Waals surface area contributed by atoms with E-state index in [9.17, 15) is 4.79 Å². The maximum atomic E-state index is 10.9. The van der Waals surface area contributed by atoms with Crippen LogP contribution in [0.5, 0.6) is 11.5 Å². The van der Waals surface area contributed by atoms with Gasteiger partial charge >= 0.3 is 5.97 Å². The Labute approximate surface area is 156 Å². The molecule has 124 valence electrons. The smallest absolute Gasteiger partial charge is 0.307 e. The fraction of sp³-hybridized carbons (Fsp3) is 0.167. The van der Waals surface area contributed by atoms with Crippen molar-refractivity contribution in [2.24, 2.45) is 0 Å². The van der Waals surface area contributed by atoms with Crippen molar-refractivity contribution in [2.45, 2.75) is 20.3 Å². The highest BCUT2D eigenvalue weighted by atomic mass is 79.9. The van der Waals surface area contributed by atoms with Crippen molar-refractivity contribution in [1.29, 1.82) is 0 Å². The van der Waals surface area contributed by atoms with Crippen LogP contribution in [0.3, 0.4) is 0 Å². The Bertz CT molecular complexity index is 924. The first-order chi connectivity index (χ1) is 11.3. The molecule has 24 heavy (non-hydrogen) atoms. The van der Waals surface area contributed by atoms with Crippen LogP contribution in [0.1, 0.15) is 16.8 Å². The molecule has 1 aromatic heterocycles. The molecule has 2 aromatic carbocycles. The van der Waals surface area contributed by atoms with Gasteiger partial charge in [0.15, 0.2) is 5.75 Å². The number of hydrogen-bond acceptors (Lipinski definition) is 2. The highest BCUT2D eigenvalue weighted by molar-refractivity contribution is 9.11. The first-order valence-corrected chi connectivity index (χ1v) is 8.90. The zero-order valence-electron chi connectivity index (χ0n) is 13.1. The summed E-state index contributed by atoms with van der Waals surface area (Å²) in [5.74, 6) is 0.469. The topological polar surface area (TPSA) is 62.3 Å². The molecule has 3 aromatic rings. The largest absolute Gasteiger partial charge is 0.481 e. The normalized spacial score (nSPS) is 11.0. The van der Waals surface area contributed by atoms with Gasteiger partial charge in [-0.25, -0.2) is 0 Å². The van der Waals surface area contributed by atoms with Crippen molar-refractivity contribution >= 4 is 48.7 Å². The molecule has 0 aliphatic rings. The number of aryl methyl sites for hydroxylation is 2. The average Bonchev–Trinajstić information content (AvgIpc) is 2.77. The van der Waals surface area contributed by atoms with Crippen LogP contribution in [0, 0.1) is 13.8 Å². The predicted molar refractivity (Wildman–Crippen MR) is 101 cm³/mol. The maximum absolute atomic E-state index is 10.9. The zero-order chi connectivity index (χ0) is 17.4. The fourth-order valence-corrected chi connectivity index (χ4v) is 4.05. The molecule has 6 heteroatoms. The van der Waals surface area contributed by atoms with Crippen LogP contribution in [0.2, 0.25) is 0 Å². The lowest BCUT2D eigenvalue weighted by atomic mass is 10.1. The lowest BCUT2D eigenvalue weighted by Crippen LogP contribution is -2.00. The van der Waals surface area contributed by atoms with E-state index in [1.807, 2.05) is 25.1 Å². The van der Waals surface area contributed by atoms with E-state index in [0.717, 1.165) is 22.3 Å². The number of aromatic amines is 1. The maximum Gasteiger partial charge on any atom is 0.307 e. The monoisotopic (exact) mass is 451 g/mol. The molecule has 0 amide bonds. The molecule has 0 saturated heterocycles. The van der Waals surface area contributed by atoms with Gasteiger partial charge in [-0.2, -0.15) is 0 Å². The van der Waals surface area contributed by atoms with Gasteiger partial charge in [0, 0.05) is 16.6 Å². The Morgan fingerprint density at radius 1 is 1.17 bits per heavy atom. The van der Waals surface area contributed by atoms with Crippen LogP contribution >= 0.6 is 31.9 Å². The summed E-state index contributed by atoms with van der Waals surface area (Å²) in [6.45, 7) is 4.12. The summed E-state index contributed by atoms with van der Waals surface area (Å²) in [7, 11) is 0. The predicted octanol–water partition coefficient (Wildman–Crippen LogP) is 5.73. The molecule has 0 aliphatic heterocycles. The number of nitrogens with one attached hydrogen (secondary N) is 1. The SMILES string of the molecule is Cc1[nH]c2ccc(Oc3c(Br)cc(CC(=O)O)cc3Br)cc2c1C. The Morgan fingerprint density at radius 2 is 1.83 bits per heavy atom. The summed E-state index contributed by atoms with van der Waals surface area (Å²) in [6.07, 6.45) is -0.0364. The average molecular weight is 453 g/mol. The summed E-state index contributed by atoms with van der Waals surface area (Å²) < 4.78 is 7.42.